The zero-order valence-corrected chi connectivity index (χ0v) is 12.1. The van der Waals surface area contributed by atoms with Gasteiger partial charge in [-0.25, -0.2) is 9.97 Å². The van der Waals surface area contributed by atoms with Gasteiger partial charge in [0.05, 0.1) is 11.0 Å². The number of ether oxygens (including phenoxy) is 1. The van der Waals surface area contributed by atoms with Crippen molar-refractivity contribution in [2.24, 2.45) is 0 Å². The summed E-state index contributed by atoms with van der Waals surface area (Å²) in [5.74, 6) is 0.299. The number of non-ortho nitro benzene ring substituents is 1. The number of nitro groups is 1. The number of nitro benzene ring substituents is 1. The predicted molar refractivity (Wildman–Crippen MR) is 75.7 cm³/mol. The summed E-state index contributed by atoms with van der Waals surface area (Å²) in [5, 5.41) is 13.7. The minimum atomic E-state index is -0.492. The van der Waals surface area contributed by atoms with Gasteiger partial charge in [0.15, 0.2) is 0 Å². The third-order valence-electron chi connectivity index (χ3n) is 2.34. The maximum absolute atomic E-state index is 10.8. The molecule has 0 aliphatic rings. The van der Waals surface area contributed by atoms with Crippen molar-refractivity contribution in [2.75, 3.05) is 7.05 Å². The first-order chi connectivity index (χ1) is 9.58. The van der Waals surface area contributed by atoms with Crippen LogP contribution in [-0.2, 0) is 6.54 Å². The third-order valence-corrected chi connectivity index (χ3v) is 2.80. The van der Waals surface area contributed by atoms with Crippen molar-refractivity contribution in [2.45, 2.75) is 6.54 Å². The lowest BCUT2D eigenvalue weighted by Gasteiger charge is -2.05. The van der Waals surface area contributed by atoms with Gasteiger partial charge in [0, 0.05) is 35.0 Å². The van der Waals surface area contributed by atoms with Gasteiger partial charge in [0.1, 0.15) is 5.75 Å². The Morgan fingerprint density at radius 1 is 1.35 bits per heavy atom. The van der Waals surface area contributed by atoms with Gasteiger partial charge in [-0.05, 0) is 13.1 Å². The molecule has 1 aromatic heterocycles. The Morgan fingerprint density at radius 3 is 2.65 bits per heavy atom. The third kappa shape index (κ3) is 3.72. The Bertz CT molecular complexity index is 619. The van der Waals surface area contributed by atoms with E-state index in [1.54, 1.807) is 18.5 Å². The van der Waals surface area contributed by atoms with Crippen LogP contribution in [0.5, 0.6) is 11.8 Å². The second-order valence-corrected chi connectivity index (χ2v) is 4.82. The Kier molecular flexibility index (Phi) is 4.59. The van der Waals surface area contributed by atoms with Crippen LogP contribution in [0, 0.1) is 10.1 Å². The second kappa shape index (κ2) is 6.40. The molecule has 0 bridgehead atoms. The van der Waals surface area contributed by atoms with Crippen molar-refractivity contribution in [3.05, 3.63) is 50.7 Å². The van der Waals surface area contributed by atoms with Crippen molar-refractivity contribution in [3.63, 3.8) is 0 Å². The van der Waals surface area contributed by atoms with E-state index >= 15 is 0 Å². The molecule has 2 aromatic rings. The number of nitrogens with zero attached hydrogens (tertiary/aromatic N) is 3. The summed E-state index contributed by atoms with van der Waals surface area (Å²) < 4.78 is 5.96. The van der Waals surface area contributed by atoms with E-state index in [-0.39, 0.29) is 11.7 Å². The van der Waals surface area contributed by atoms with E-state index in [1.807, 2.05) is 7.05 Å². The molecule has 0 fully saturated rings. The molecule has 0 atom stereocenters. The first kappa shape index (κ1) is 14.4. The van der Waals surface area contributed by atoms with E-state index in [0.717, 1.165) is 5.56 Å². The molecule has 0 aliphatic heterocycles. The van der Waals surface area contributed by atoms with Crippen LogP contribution >= 0.6 is 15.9 Å². The maximum Gasteiger partial charge on any atom is 0.321 e. The van der Waals surface area contributed by atoms with E-state index in [2.05, 4.69) is 31.2 Å². The maximum atomic E-state index is 10.8. The summed E-state index contributed by atoms with van der Waals surface area (Å²) in [6.45, 7) is 0.655. The average Bonchev–Trinajstić information content (AvgIpc) is 2.40. The van der Waals surface area contributed by atoms with Crippen LogP contribution < -0.4 is 10.1 Å². The fraction of sp³-hybridized carbons (Fsp3) is 0.167. The highest BCUT2D eigenvalue weighted by Crippen LogP contribution is 2.28. The SMILES string of the molecule is CNCc1cnc(Oc2cc(Br)cc([N+](=O)[O-])c2)nc1. The van der Waals surface area contributed by atoms with Crippen LogP contribution in [0.2, 0.25) is 0 Å². The van der Waals surface area contributed by atoms with Gasteiger partial charge in [-0.15, -0.1) is 0 Å². The predicted octanol–water partition coefficient (Wildman–Crippen LogP) is 2.66. The van der Waals surface area contributed by atoms with Crippen molar-refractivity contribution >= 4 is 21.6 Å². The molecular weight excluding hydrogens is 328 g/mol. The Hall–Kier alpha value is -2.06. The van der Waals surface area contributed by atoms with E-state index in [0.29, 0.717) is 16.8 Å². The Labute approximate surface area is 123 Å². The Balaban J connectivity index is 2.19. The van der Waals surface area contributed by atoms with Crippen LogP contribution in [0.4, 0.5) is 5.69 Å². The zero-order chi connectivity index (χ0) is 14.5. The standard InChI is InChI=1S/C12H11BrN4O3/c1-14-5-8-6-15-12(16-7-8)20-11-3-9(13)2-10(4-11)17(18)19/h2-4,6-7,14H,5H2,1H3. The molecule has 2 rings (SSSR count). The fourth-order valence-electron chi connectivity index (χ4n) is 1.51. The summed E-state index contributed by atoms with van der Waals surface area (Å²) in [7, 11) is 1.82. The topological polar surface area (TPSA) is 90.2 Å². The van der Waals surface area contributed by atoms with Crippen LogP contribution in [0.1, 0.15) is 5.56 Å². The lowest BCUT2D eigenvalue weighted by molar-refractivity contribution is -0.385. The highest BCUT2D eigenvalue weighted by molar-refractivity contribution is 9.10. The molecule has 1 aromatic carbocycles. The van der Waals surface area contributed by atoms with E-state index in [4.69, 9.17) is 4.74 Å². The molecule has 104 valence electrons. The smallest absolute Gasteiger partial charge is 0.321 e. The van der Waals surface area contributed by atoms with Gasteiger partial charge < -0.3 is 10.1 Å². The van der Waals surface area contributed by atoms with Crippen LogP contribution in [0.15, 0.2) is 35.1 Å². The number of nitrogens with one attached hydrogen (secondary N) is 1. The molecule has 8 heteroatoms. The molecular formula is C12H11BrN4O3. The van der Waals surface area contributed by atoms with Crippen LogP contribution in [0.25, 0.3) is 0 Å². The minimum absolute atomic E-state index is 0.0684. The number of rotatable bonds is 5. The normalized spacial score (nSPS) is 10.3. The van der Waals surface area contributed by atoms with Gasteiger partial charge >= 0.3 is 6.01 Å². The molecule has 0 unspecified atom stereocenters. The number of halogens is 1. The fourth-order valence-corrected chi connectivity index (χ4v) is 1.97. The van der Waals surface area contributed by atoms with Gasteiger partial charge in [0.25, 0.3) is 5.69 Å². The van der Waals surface area contributed by atoms with E-state index < -0.39 is 4.92 Å². The van der Waals surface area contributed by atoms with Crippen molar-refractivity contribution < 1.29 is 9.66 Å². The van der Waals surface area contributed by atoms with Crippen molar-refractivity contribution in [1.82, 2.24) is 15.3 Å². The number of hydrogen-bond donors (Lipinski definition) is 1. The molecule has 1 N–H and O–H groups in total. The molecule has 0 radical (unpaired) electrons. The molecule has 7 nitrogen and oxygen atoms in total. The lowest BCUT2D eigenvalue weighted by atomic mass is 10.3. The second-order valence-electron chi connectivity index (χ2n) is 3.91. The summed E-state index contributed by atoms with van der Waals surface area (Å²) >= 11 is 3.19. The Morgan fingerprint density at radius 2 is 2.05 bits per heavy atom. The lowest BCUT2D eigenvalue weighted by Crippen LogP contribution is -2.06. The van der Waals surface area contributed by atoms with Crippen molar-refractivity contribution in [3.8, 4) is 11.8 Å². The highest BCUT2D eigenvalue weighted by Gasteiger charge is 2.11. The molecule has 0 amide bonds. The molecule has 20 heavy (non-hydrogen) atoms. The number of benzene rings is 1. The van der Waals surface area contributed by atoms with Crippen LogP contribution in [0.3, 0.4) is 0 Å². The first-order valence-corrected chi connectivity index (χ1v) is 6.46. The largest absolute Gasteiger partial charge is 0.424 e. The molecule has 0 saturated heterocycles. The molecule has 1 heterocycles. The quantitative estimate of drug-likeness (QED) is 0.665. The summed E-state index contributed by atoms with van der Waals surface area (Å²) in [6.07, 6.45) is 3.26. The number of hydrogen-bond acceptors (Lipinski definition) is 6. The summed E-state index contributed by atoms with van der Waals surface area (Å²) in [6, 6.07) is 4.45. The van der Waals surface area contributed by atoms with E-state index in [9.17, 15) is 10.1 Å². The van der Waals surface area contributed by atoms with E-state index in [1.165, 1.54) is 12.1 Å². The van der Waals surface area contributed by atoms with Crippen LogP contribution in [-0.4, -0.2) is 21.9 Å². The summed E-state index contributed by atoms with van der Waals surface area (Å²) in [4.78, 5) is 18.4. The molecule has 0 spiro atoms. The highest BCUT2D eigenvalue weighted by atomic mass is 79.9. The summed E-state index contributed by atoms with van der Waals surface area (Å²) in [5.41, 5.74) is 0.848. The minimum Gasteiger partial charge on any atom is -0.424 e. The van der Waals surface area contributed by atoms with Gasteiger partial charge in [0.2, 0.25) is 0 Å². The molecule has 0 aliphatic carbocycles. The van der Waals surface area contributed by atoms with Gasteiger partial charge in [-0.1, -0.05) is 15.9 Å². The van der Waals surface area contributed by atoms with Crippen molar-refractivity contribution in [1.29, 1.82) is 0 Å². The number of aromatic nitrogens is 2. The first-order valence-electron chi connectivity index (χ1n) is 5.67. The average molecular weight is 339 g/mol. The van der Waals surface area contributed by atoms with Gasteiger partial charge in [-0.3, -0.25) is 10.1 Å². The molecule has 0 saturated carbocycles. The zero-order valence-electron chi connectivity index (χ0n) is 10.5. The van der Waals surface area contributed by atoms with Gasteiger partial charge in [-0.2, -0.15) is 0 Å². The monoisotopic (exact) mass is 338 g/mol.